The molecule has 0 N–H and O–H groups in total. The molecular formula is C25H25NO2S. The van der Waals surface area contributed by atoms with Crippen molar-refractivity contribution in [3.63, 3.8) is 0 Å². The molecule has 4 heteroatoms. The zero-order chi connectivity index (χ0) is 19.8. The van der Waals surface area contributed by atoms with Crippen molar-refractivity contribution < 1.29 is 8.42 Å². The van der Waals surface area contributed by atoms with Crippen molar-refractivity contribution >= 4 is 20.8 Å². The quantitative estimate of drug-likeness (QED) is 0.611. The molecule has 3 nitrogen and oxygen atoms in total. The van der Waals surface area contributed by atoms with Gasteiger partial charge in [0.1, 0.15) is 0 Å². The van der Waals surface area contributed by atoms with E-state index in [1.165, 1.54) is 21.9 Å². The summed E-state index contributed by atoms with van der Waals surface area (Å²) in [6.07, 6.45) is 3.06. The van der Waals surface area contributed by atoms with Gasteiger partial charge in [0, 0.05) is 12.6 Å². The van der Waals surface area contributed by atoms with Crippen molar-refractivity contribution in [2.75, 3.05) is 6.54 Å². The average Bonchev–Trinajstić information content (AvgIpc) is 3.33. The molecule has 148 valence electrons. The van der Waals surface area contributed by atoms with Crippen LogP contribution in [0.25, 0.3) is 10.8 Å². The van der Waals surface area contributed by atoms with Crippen molar-refractivity contribution in [2.45, 2.75) is 43.0 Å². The Labute approximate surface area is 172 Å². The van der Waals surface area contributed by atoms with E-state index in [4.69, 9.17) is 0 Å². The normalized spacial score (nSPS) is 28.4. The van der Waals surface area contributed by atoms with Crippen LogP contribution in [-0.2, 0) is 16.4 Å². The summed E-state index contributed by atoms with van der Waals surface area (Å²) in [5, 5.41) is 2.65. The van der Waals surface area contributed by atoms with E-state index < -0.39 is 10.0 Å². The van der Waals surface area contributed by atoms with Gasteiger partial charge in [-0.3, -0.25) is 0 Å². The Kier molecular flexibility index (Phi) is 3.76. The predicted molar refractivity (Wildman–Crippen MR) is 115 cm³/mol. The molecule has 1 aliphatic heterocycles. The van der Waals surface area contributed by atoms with Gasteiger partial charge in [-0.15, -0.1) is 0 Å². The van der Waals surface area contributed by atoms with Gasteiger partial charge in [-0.1, -0.05) is 54.1 Å². The monoisotopic (exact) mass is 403 g/mol. The Hall–Kier alpha value is -2.17. The summed E-state index contributed by atoms with van der Waals surface area (Å²) in [4.78, 5) is 0.438. The molecule has 1 saturated carbocycles. The van der Waals surface area contributed by atoms with E-state index in [-0.39, 0.29) is 6.04 Å². The highest BCUT2D eigenvalue weighted by atomic mass is 32.2. The van der Waals surface area contributed by atoms with Crippen molar-refractivity contribution in [1.82, 2.24) is 4.31 Å². The largest absolute Gasteiger partial charge is 0.243 e. The second-order valence-electron chi connectivity index (χ2n) is 9.03. The molecule has 3 aromatic carbocycles. The SMILES string of the molecule is Cc1ccc(S(=O)(=O)N2CC3Cc4c(ccc5ccccc45)C4CCC2C34)cc1. The standard InChI is InChI=1S/C25H25NO2S/c1-16-6-9-19(10-7-16)29(27,28)26-15-18-14-23-20-5-3-2-4-17(20)8-11-21(23)22-12-13-24(26)25(18)22/h2-11,18,22,24-25H,12-15H2,1H3. The van der Waals surface area contributed by atoms with E-state index in [0.29, 0.717) is 29.2 Å². The summed E-state index contributed by atoms with van der Waals surface area (Å²) in [5.74, 6) is 1.38. The molecule has 1 heterocycles. The van der Waals surface area contributed by atoms with Crippen LogP contribution >= 0.6 is 0 Å². The molecule has 0 spiro atoms. The van der Waals surface area contributed by atoms with Crippen LogP contribution in [0.5, 0.6) is 0 Å². The number of hydrogen-bond donors (Lipinski definition) is 0. The molecule has 4 unspecified atom stereocenters. The van der Waals surface area contributed by atoms with Crippen LogP contribution < -0.4 is 0 Å². The molecule has 2 fully saturated rings. The van der Waals surface area contributed by atoms with E-state index in [1.54, 1.807) is 12.1 Å². The number of benzene rings is 3. The lowest BCUT2D eigenvalue weighted by Crippen LogP contribution is -2.36. The highest BCUT2D eigenvalue weighted by molar-refractivity contribution is 7.89. The summed E-state index contributed by atoms with van der Waals surface area (Å²) >= 11 is 0. The second-order valence-corrected chi connectivity index (χ2v) is 10.9. The molecule has 0 aromatic heterocycles. The van der Waals surface area contributed by atoms with Gasteiger partial charge in [0.05, 0.1) is 4.90 Å². The fourth-order valence-electron chi connectivity index (χ4n) is 6.35. The minimum Gasteiger partial charge on any atom is -0.207 e. The number of sulfonamides is 1. The van der Waals surface area contributed by atoms with Crippen LogP contribution in [-0.4, -0.2) is 25.3 Å². The molecule has 1 saturated heterocycles. The number of rotatable bonds is 2. The molecule has 0 bridgehead atoms. The number of hydrogen-bond acceptors (Lipinski definition) is 2. The number of nitrogens with zero attached hydrogens (tertiary/aromatic N) is 1. The molecule has 29 heavy (non-hydrogen) atoms. The van der Waals surface area contributed by atoms with Gasteiger partial charge in [0.25, 0.3) is 0 Å². The van der Waals surface area contributed by atoms with Gasteiger partial charge >= 0.3 is 0 Å². The molecule has 0 radical (unpaired) electrons. The number of aryl methyl sites for hydroxylation is 1. The third kappa shape index (κ3) is 2.48. The van der Waals surface area contributed by atoms with E-state index in [9.17, 15) is 8.42 Å². The summed E-state index contributed by atoms with van der Waals surface area (Å²) in [5.41, 5.74) is 4.02. The Bertz CT molecular complexity index is 1220. The lowest BCUT2D eigenvalue weighted by molar-refractivity contribution is 0.328. The van der Waals surface area contributed by atoms with Crippen LogP contribution in [0.4, 0.5) is 0 Å². The van der Waals surface area contributed by atoms with Crippen LogP contribution in [0.1, 0.15) is 35.4 Å². The average molecular weight is 404 g/mol. The van der Waals surface area contributed by atoms with Gasteiger partial charge in [0.15, 0.2) is 0 Å². The maximum absolute atomic E-state index is 13.5. The van der Waals surface area contributed by atoms with Crippen LogP contribution in [0.3, 0.4) is 0 Å². The first kappa shape index (κ1) is 17.7. The van der Waals surface area contributed by atoms with Gasteiger partial charge in [-0.25, -0.2) is 8.42 Å². The highest BCUT2D eigenvalue weighted by Crippen LogP contribution is 2.56. The fourth-order valence-corrected chi connectivity index (χ4v) is 8.09. The van der Waals surface area contributed by atoms with Crippen molar-refractivity contribution in [1.29, 1.82) is 0 Å². The summed E-state index contributed by atoms with van der Waals surface area (Å²) in [6, 6.07) is 20.7. The Morgan fingerprint density at radius 2 is 1.72 bits per heavy atom. The topological polar surface area (TPSA) is 37.4 Å². The van der Waals surface area contributed by atoms with E-state index in [1.807, 2.05) is 23.4 Å². The van der Waals surface area contributed by atoms with Gasteiger partial charge < -0.3 is 0 Å². The van der Waals surface area contributed by atoms with Crippen molar-refractivity contribution in [3.8, 4) is 0 Å². The highest BCUT2D eigenvalue weighted by Gasteiger charge is 2.55. The molecule has 0 amide bonds. The lowest BCUT2D eigenvalue weighted by Gasteiger charge is -2.33. The van der Waals surface area contributed by atoms with Crippen molar-refractivity contribution in [3.05, 3.63) is 77.4 Å². The molecule has 3 aromatic rings. The molecule has 3 aliphatic rings. The van der Waals surface area contributed by atoms with Crippen molar-refractivity contribution in [2.24, 2.45) is 11.8 Å². The Balaban J connectivity index is 1.42. The maximum Gasteiger partial charge on any atom is 0.243 e. The van der Waals surface area contributed by atoms with E-state index in [2.05, 4.69) is 36.4 Å². The van der Waals surface area contributed by atoms with Crippen LogP contribution in [0.15, 0.2) is 65.6 Å². The first-order valence-corrected chi connectivity index (χ1v) is 12.1. The zero-order valence-electron chi connectivity index (χ0n) is 16.6. The van der Waals surface area contributed by atoms with Gasteiger partial charge in [-0.2, -0.15) is 4.31 Å². The maximum atomic E-state index is 13.5. The molecular weight excluding hydrogens is 378 g/mol. The Morgan fingerprint density at radius 3 is 2.55 bits per heavy atom. The zero-order valence-corrected chi connectivity index (χ0v) is 17.4. The van der Waals surface area contributed by atoms with Gasteiger partial charge in [0.2, 0.25) is 10.0 Å². The Morgan fingerprint density at radius 1 is 0.931 bits per heavy atom. The molecule has 4 atom stereocenters. The van der Waals surface area contributed by atoms with Crippen LogP contribution in [0.2, 0.25) is 0 Å². The third-order valence-corrected chi connectivity index (χ3v) is 9.49. The second kappa shape index (κ2) is 6.16. The predicted octanol–water partition coefficient (Wildman–Crippen LogP) is 4.89. The summed E-state index contributed by atoms with van der Waals surface area (Å²) in [7, 11) is -3.44. The number of fused-ring (bicyclic) bond motifs is 4. The summed E-state index contributed by atoms with van der Waals surface area (Å²) < 4.78 is 28.8. The first-order chi connectivity index (χ1) is 14.0. The van der Waals surface area contributed by atoms with Crippen LogP contribution in [0, 0.1) is 18.8 Å². The lowest BCUT2D eigenvalue weighted by atomic mass is 9.70. The third-order valence-electron chi connectivity index (χ3n) is 7.58. The van der Waals surface area contributed by atoms with E-state index >= 15 is 0 Å². The molecule has 6 rings (SSSR count). The van der Waals surface area contributed by atoms with Gasteiger partial charge in [-0.05, 0) is 78.0 Å². The smallest absolute Gasteiger partial charge is 0.207 e. The first-order valence-electron chi connectivity index (χ1n) is 10.6. The van der Waals surface area contributed by atoms with E-state index in [0.717, 1.165) is 24.8 Å². The summed E-state index contributed by atoms with van der Waals surface area (Å²) in [6.45, 7) is 2.65. The fraction of sp³-hybridized carbons (Fsp3) is 0.360. The minimum atomic E-state index is -3.44. The minimum absolute atomic E-state index is 0.149. The molecule has 2 aliphatic carbocycles.